The van der Waals surface area contributed by atoms with Gasteiger partial charge in [-0.3, -0.25) is 4.79 Å². The van der Waals surface area contributed by atoms with Gasteiger partial charge in [0.2, 0.25) is 0 Å². The monoisotopic (exact) mass is 567 g/mol. The number of esters is 1. The van der Waals surface area contributed by atoms with E-state index in [4.69, 9.17) is 38.9 Å². The van der Waals surface area contributed by atoms with Gasteiger partial charge in [-0.05, 0) is 91.3 Å². The zero-order valence-corrected chi connectivity index (χ0v) is 24.0. The van der Waals surface area contributed by atoms with E-state index in [1.165, 1.54) is 12.1 Å². The van der Waals surface area contributed by atoms with E-state index in [0.29, 0.717) is 5.56 Å². The first kappa shape index (κ1) is 32.7. The highest BCUT2D eigenvalue weighted by atomic mass is 16.8. The predicted molar refractivity (Wildman–Crippen MR) is 142 cm³/mol. The van der Waals surface area contributed by atoms with Gasteiger partial charge in [-0.15, -0.1) is 0 Å². The summed E-state index contributed by atoms with van der Waals surface area (Å²) in [6, 6.07) is 3.21. The van der Waals surface area contributed by atoms with Gasteiger partial charge in [0, 0.05) is 0 Å². The zero-order chi connectivity index (χ0) is 29.8. The maximum atomic E-state index is 12.7. The fraction of sp³-hybridized carbons (Fsp3) is 0.643. The molecule has 0 aliphatic heterocycles. The van der Waals surface area contributed by atoms with E-state index in [-0.39, 0.29) is 24.0 Å². The van der Waals surface area contributed by atoms with Crippen LogP contribution in [-0.4, -0.2) is 61.0 Å². The summed E-state index contributed by atoms with van der Waals surface area (Å²) < 4.78 is 36.4. The number of hydrogen-bond acceptors (Lipinski definition) is 12. The number of benzene rings is 1. The first-order chi connectivity index (χ1) is 18.8. The molecule has 0 spiro atoms. The van der Waals surface area contributed by atoms with Crippen LogP contribution in [-0.2, 0) is 34.9 Å². The fourth-order valence-corrected chi connectivity index (χ4v) is 3.75. The highest BCUT2D eigenvalue weighted by Crippen LogP contribution is 2.30. The molecule has 40 heavy (non-hydrogen) atoms. The van der Waals surface area contributed by atoms with Crippen molar-refractivity contribution < 1.29 is 52.3 Å². The van der Waals surface area contributed by atoms with E-state index in [1.54, 1.807) is 47.6 Å². The van der Waals surface area contributed by atoms with Gasteiger partial charge in [-0.1, -0.05) is 12.5 Å². The van der Waals surface area contributed by atoms with Gasteiger partial charge in [0.05, 0.1) is 12.2 Å². The van der Waals surface area contributed by atoms with Crippen LogP contribution in [0, 0.1) is 0 Å². The van der Waals surface area contributed by atoms with E-state index < -0.39 is 54.9 Å². The van der Waals surface area contributed by atoms with Crippen LogP contribution in [0.5, 0.6) is 11.5 Å². The third-order valence-electron chi connectivity index (χ3n) is 5.88. The maximum Gasteiger partial charge on any atom is 0.514 e. The lowest BCUT2D eigenvalue weighted by molar-refractivity contribution is -0.155. The molecule has 224 valence electrons. The Hall–Kier alpha value is -3.54. The first-order valence-corrected chi connectivity index (χ1v) is 13.6. The van der Waals surface area contributed by atoms with E-state index >= 15 is 0 Å². The molecule has 1 aliphatic rings. The number of rotatable bonds is 11. The van der Waals surface area contributed by atoms with Crippen molar-refractivity contribution in [2.45, 2.75) is 117 Å². The van der Waals surface area contributed by atoms with Crippen molar-refractivity contribution in [3.8, 4) is 11.5 Å². The molecule has 1 aromatic rings. The molecule has 1 saturated carbocycles. The molecule has 1 aliphatic carbocycles. The molecule has 3 atom stereocenters. The minimum atomic E-state index is -1.10. The Labute approximate surface area is 234 Å². The molecule has 2 N–H and O–H groups in total. The highest BCUT2D eigenvalue weighted by Gasteiger charge is 2.27. The largest absolute Gasteiger partial charge is 0.514 e. The highest BCUT2D eigenvalue weighted by molar-refractivity contribution is 5.76. The number of nitrogens with two attached hydrogens (primary N) is 1. The van der Waals surface area contributed by atoms with Gasteiger partial charge in [0.1, 0.15) is 24.4 Å². The van der Waals surface area contributed by atoms with Crippen LogP contribution in [0.4, 0.5) is 14.4 Å². The molecule has 1 aromatic carbocycles. The third-order valence-corrected chi connectivity index (χ3v) is 5.88. The molecule has 1 fully saturated rings. The van der Waals surface area contributed by atoms with Gasteiger partial charge < -0.3 is 38.9 Å². The van der Waals surface area contributed by atoms with Crippen molar-refractivity contribution in [1.29, 1.82) is 0 Å². The van der Waals surface area contributed by atoms with Crippen LogP contribution in [0.15, 0.2) is 18.2 Å². The van der Waals surface area contributed by atoms with Crippen molar-refractivity contribution >= 4 is 24.4 Å². The topological polar surface area (TPSA) is 159 Å². The predicted octanol–water partition coefficient (Wildman–Crippen LogP) is 5.21. The van der Waals surface area contributed by atoms with Crippen LogP contribution in [0.25, 0.3) is 0 Å². The summed E-state index contributed by atoms with van der Waals surface area (Å²) in [6.07, 6.45) is -0.613. The molecule has 12 heteroatoms. The summed E-state index contributed by atoms with van der Waals surface area (Å²) in [5.41, 5.74) is 6.55. The van der Waals surface area contributed by atoms with Gasteiger partial charge in [0.15, 0.2) is 11.5 Å². The number of carbonyl (C=O) groups is 4. The molecule has 12 nitrogen and oxygen atoms in total. The van der Waals surface area contributed by atoms with Gasteiger partial charge in [-0.2, -0.15) is 0 Å². The molecule has 0 amide bonds. The Morgan fingerprint density at radius 3 is 1.88 bits per heavy atom. The van der Waals surface area contributed by atoms with E-state index in [2.05, 4.69) is 0 Å². The summed E-state index contributed by atoms with van der Waals surface area (Å²) >= 11 is 0. The lowest BCUT2D eigenvalue weighted by Gasteiger charge is -2.25. The molecular weight excluding hydrogens is 526 g/mol. The van der Waals surface area contributed by atoms with Gasteiger partial charge in [-0.25, -0.2) is 14.4 Å². The summed E-state index contributed by atoms with van der Waals surface area (Å²) in [7, 11) is 0. The summed E-state index contributed by atoms with van der Waals surface area (Å²) in [5.74, 6) is -0.951. The van der Waals surface area contributed by atoms with Crippen LogP contribution in [0.1, 0.15) is 79.2 Å². The fourth-order valence-electron chi connectivity index (χ4n) is 3.75. The Morgan fingerprint density at radius 2 is 1.30 bits per heavy atom. The normalized spacial score (nSPS) is 15.9. The van der Waals surface area contributed by atoms with Crippen molar-refractivity contribution in [1.82, 2.24) is 0 Å². The first-order valence-electron chi connectivity index (χ1n) is 13.6. The second-order valence-electron chi connectivity index (χ2n) is 10.2. The molecule has 0 heterocycles. The van der Waals surface area contributed by atoms with E-state index in [1.807, 2.05) is 0 Å². The maximum absolute atomic E-state index is 12.7. The van der Waals surface area contributed by atoms with Gasteiger partial charge in [0.25, 0.3) is 0 Å². The van der Waals surface area contributed by atoms with Gasteiger partial charge >= 0.3 is 24.4 Å². The van der Waals surface area contributed by atoms with E-state index in [0.717, 1.165) is 32.1 Å². The lowest BCUT2D eigenvalue weighted by atomic mass is 9.98. The zero-order valence-electron chi connectivity index (χ0n) is 24.0. The van der Waals surface area contributed by atoms with Crippen molar-refractivity contribution in [2.24, 2.45) is 5.73 Å². The molecule has 0 radical (unpaired) electrons. The molecule has 0 aromatic heterocycles. The second kappa shape index (κ2) is 15.9. The standard InChI is InChI=1S/C28H41NO11/c1-16(2)34-26(31)39-23-13-12-20(15-24(23)40-27(32)35-17(3)4)14-22(29)25(30)36-18(5)19(6)37-28(33)38-21-10-8-7-9-11-21/h12-13,15-19,21-22H,7-11,14,29H2,1-6H3/t18-,19-,22-/m0/s1. The minimum Gasteiger partial charge on any atom is -0.458 e. The minimum absolute atomic E-state index is 0.00315. The van der Waals surface area contributed by atoms with Crippen LogP contribution in [0.3, 0.4) is 0 Å². The van der Waals surface area contributed by atoms with Crippen LogP contribution < -0.4 is 15.2 Å². The van der Waals surface area contributed by atoms with Crippen LogP contribution in [0.2, 0.25) is 0 Å². The smallest absolute Gasteiger partial charge is 0.458 e. The van der Waals surface area contributed by atoms with E-state index in [9.17, 15) is 19.2 Å². The Bertz CT molecular complexity index is 1000. The molecule has 0 unspecified atom stereocenters. The summed E-state index contributed by atoms with van der Waals surface area (Å²) in [4.78, 5) is 48.8. The lowest BCUT2D eigenvalue weighted by Crippen LogP contribution is -2.39. The SMILES string of the molecule is CC(C)OC(=O)Oc1ccc(C[C@H](N)C(=O)O[C@@H](C)[C@H](C)OC(=O)OC2CCCCC2)cc1OC(=O)OC(C)C. The van der Waals surface area contributed by atoms with Crippen molar-refractivity contribution in [3.63, 3.8) is 0 Å². The number of carbonyl (C=O) groups excluding carboxylic acids is 4. The number of hydrogen-bond donors (Lipinski definition) is 1. The average molecular weight is 568 g/mol. The molecular formula is C28H41NO11. The Morgan fingerprint density at radius 1 is 0.750 bits per heavy atom. The quantitative estimate of drug-likeness (QED) is 0.212. The van der Waals surface area contributed by atoms with Crippen LogP contribution >= 0.6 is 0 Å². The third kappa shape index (κ3) is 11.7. The van der Waals surface area contributed by atoms with Crippen molar-refractivity contribution in [2.75, 3.05) is 0 Å². The Balaban J connectivity index is 1.99. The summed E-state index contributed by atoms with van der Waals surface area (Å²) in [6.45, 7) is 9.77. The summed E-state index contributed by atoms with van der Waals surface area (Å²) in [5, 5.41) is 0. The Kier molecular flexibility index (Phi) is 13.0. The second-order valence-corrected chi connectivity index (χ2v) is 10.2. The number of ether oxygens (including phenoxy) is 7. The molecule has 0 saturated heterocycles. The average Bonchev–Trinajstić information content (AvgIpc) is 2.85. The molecule has 0 bridgehead atoms. The van der Waals surface area contributed by atoms with Crippen molar-refractivity contribution in [3.05, 3.63) is 23.8 Å². The molecule has 2 rings (SSSR count).